The van der Waals surface area contributed by atoms with Gasteiger partial charge >= 0.3 is 0 Å². The number of nitro benzene ring substituents is 1. The number of hydrogen-bond acceptors (Lipinski definition) is 4. The summed E-state index contributed by atoms with van der Waals surface area (Å²) in [5.74, 6) is 0. The lowest BCUT2D eigenvalue weighted by molar-refractivity contribution is -0.385. The maximum atomic E-state index is 10.7. The first kappa shape index (κ1) is 13.4. The Morgan fingerprint density at radius 2 is 2.12 bits per heavy atom. The number of anilines is 1. The lowest BCUT2D eigenvalue weighted by Crippen LogP contribution is -2.23. The van der Waals surface area contributed by atoms with Crippen molar-refractivity contribution in [2.45, 2.75) is 26.9 Å². The second kappa shape index (κ2) is 6.20. The van der Waals surface area contributed by atoms with Crippen LogP contribution in [0.3, 0.4) is 0 Å². The van der Waals surface area contributed by atoms with Crippen LogP contribution in [0.15, 0.2) is 18.2 Å². The number of aliphatic hydroxyl groups excluding tert-OH is 1. The average molecular weight is 238 g/mol. The SMILES string of the molecule is CCCN(CC)c1ccc([N+](=O)[O-])c(CO)c1. The zero-order valence-corrected chi connectivity index (χ0v) is 10.2. The van der Waals surface area contributed by atoms with Crippen LogP contribution in [-0.4, -0.2) is 23.1 Å². The molecule has 0 aliphatic carbocycles. The second-order valence-corrected chi connectivity index (χ2v) is 3.81. The first-order valence-electron chi connectivity index (χ1n) is 5.77. The van der Waals surface area contributed by atoms with Gasteiger partial charge < -0.3 is 10.0 Å². The molecule has 0 radical (unpaired) electrons. The summed E-state index contributed by atoms with van der Waals surface area (Å²) in [7, 11) is 0. The topological polar surface area (TPSA) is 66.6 Å². The van der Waals surface area contributed by atoms with E-state index in [4.69, 9.17) is 5.11 Å². The lowest BCUT2D eigenvalue weighted by atomic mass is 10.1. The van der Waals surface area contributed by atoms with Crippen LogP contribution < -0.4 is 4.90 Å². The van der Waals surface area contributed by atoms with Gasteiger partial charge in [-0.15, -0.1) is 0 Å². The van der Waals surface area contributed by atoms with Crippen LogP contribution in [0.5, 0.6) is 0 Å². The summed E-state index contributed by atoms with van der Waals surface area (Å²) in [5, 5.41) is 19.9. The van der Waals surface area contributed by atoms with Gasteiger partial charge in [-0.1, -0.05) is 6.92 Å². The fourth-order valence-electron chi connectivity index (χ4n) is 1.81. The van der Waals surface area contributed by atoms with Crippen molar-refractivity contribution in [3.63, 3.8) is 0 Å². The van der Waals surface area contributed by atoms with Gasteiger partial charge in [-0.05, 0) is 25.5 Å². The molecule has 0 saturated carbocycles. The van der Waals surface area contributed by atoms with Gasteiger partial charge in [0.15, 0.2) is 0 Å². The maximum absolute atomic E-state index is 10.7. The molecule has 0 saturated heterocycles. The molecule has 0 unspecified atom stereocenters. The summed E-state index contributed by atoms with van der Waals surface area (Å²) in [4.78, 5) is 12.4. The number of nitrogens with zero attached hydrogens (tertiary/aromatic N) is 2. The molecule has 0 heterocycles. The number of hydrogen-bond donors (Lipinski definition) is 1. The highest BCUT2D eigenvalue weighted by molar-refractivity contribution is 5.55. The molecule has 94 valence electrons. The number of aliphatic hydroxyl groups is 1. The van der Waals surface area contributed by atoms with Crippen molar-refractivity contribution in [1.82, 2.24) is 0 Å². The molecule has 1 aromatic carbocycles. The highest BCUT2D eigenvalue weighted by Crippen LogP contribution is 2.25. The van der Waals surface area contributed by atoms with Crippen molar-refractivity contribution in [1.29, 1.82) is 0 Å². The number of benzene rings is 1. The standard InChI is InChI=1S/C12H18N2O3/c1-3-7-13(4-2)11-5-6-12(14(16)17)10(8-11)9-15/h5-6,8,15H,3-4,7,9H2,1-2H3. The minimum absolute atomic E-state index is 0.0243. The first-order valence-corrected chi connectivity index (χ1v) is 5.77. The van der Waals surface area contributed by atoms with E-state index in [0.29, 0.717) is 5.56 Å². The largest absolute Gasteiger partial charge is 0.391 e. The lowest BCUT2D eigenvalue weighted by Gasteiger charge is -2.22. The van der Waals surface area contributed by atoms with E-state index in [-0.39, 0.29) is 12.3 Å². The zero-order valence-electron chi connectivity index (χ0n) is 10.2. The van der Waals surface area contributed by atoms with Crippen LogP contribution in [0, 0.1) is 10.1 Å². The summed E-state index contributed by atoms with van der Waals surface area (Å²) in [6.45, 7) is 5.56. The summed E-state index contributed by atoms with van der Waals surface area (Å²) in [6, 6.07) is 4.88. The van der Waals surface area contributed by atoms with E-state index in [1.165, 1.54) is 6.07 Å². The van der Waals surface area contributed by atoms with E-state index in [9.17, 15) is 10.1 Å². The van der Waals surface area contributed by atoms with Crippen molar-refractivity contribution < 1.29 is 10.0 Å². The molecule has 17 heavy (non-hydrogen) atoms. The van der Waals surface area contributed by atoms with E-state index in [1.54, 1.807) is 12.1 Å². The van der Waals surface area contributed by atoms with E-state index in [2.05, 4.69) is 11.8 Å². The smallest absolute Gasteiger partial charge is 0.275 e. The van der Waals surface area contributed by atoms with E-state index in [1.807, 2.05) is 6.92 Å². The van der Waals surface area contributed by atoms with Crippen LogP contribution in [0.1, 0.15) is 25.8 Å². The third kappa shape index (κ3) is 3.17. The highest BCUT2D eigenvalue weighted by atomic mass is 16.6. The van der Waals surface area contributed by atoms with Crippen LogP contribution in [0.2, 0.25) is 0 Å². The van der Waals surface area contributed by atoms with Gasteiger partial charge in [0, 0.05) is 24.8 Å². The molecule has 0 fully saturated rings. The van der Waals surface area contributed by atoms with Crippen molar-refractivity contribution in [2.24, 2.45) is 0 Å². The molecule has 1 rings (SSSR count). The van der Waals surface area contributed by atoms with Crippen molar-refractivity contribution in [3.8, 4) is 0 Å². The third-order valence-electron chi connectivity index (χ3n) is 2.67. The molecular weight excluding hydrogens is 220 g/mol. The van der Waals surface area contributed by atoms with Gasteiger partial charge in [-0.25, -0.2) is 0 Å². The normalized spacial score (nSPS) is 10.3. The summed E-state index contributed by atoms with van der Waals surface area (Å²) in [6.07, 6.45) is 1.01. The first-order chi connectivity index (χ1) is 8.13. The fourth-order valence-corrected chi connectivity index (χ4v) is 1.81. The van der Waals surface area contributed by atoms with Gasteiger partial charge in [0.1, 0.15) is 0 Å². The molecular formula is C12H18N2O3. The molecule has 0 bridgehead atoms. The minimum atomic E-state index is -0.467. The Hall–Kier alpha value is -1.62. The maximum Gasteiger partial charge on any atom is 0.275 e. The Bertz CT molecular complexity index is 393. The predicted octanol–water partition coefficient (Wildman–Crippen LogP) is 2.32. The van der Waals surface area contributed by atoms with E-state index in [0.717, 1.165) is 25.2 Å². The van der Waals surface area contributed by atoms with Gasteiger partial charge in [0.25, 0.3) is 5.69 Å². The van der Waals surface area contributed by atoms with E-state index < -0.39 is 4.92 Å². The Morgan fingerprint density at radius 3 is 2.59 bits per heavy atom. The number of rotatable bonds is 6. The Morgan fingerprint density at radius 1 is 1.41 bits per heavy atom. The molecule has 0 amide bonds. The van der Waals surface area contributed by atoms with Crippen LogP contribution in [0.4, 0.5) is 11.4 Å². The minimum Gasteiger partial charge on any atom is -0.391 e. The predicted molar refractivity (Wildman–Crippen MR) is 67.2 cm³/mol. The molecule has 1 N–H and O–H groups in total. The molecule has 5 heteroatoms. The van der Waals surface area contributed by atoms with Crippen molar-refractivity contribution >= 4 is 11.4 Å². The summed E-state index contributed by atoms with van der Waals surface area (Å²) < 4.78 is 0. The summed E-state index contributed by atoms with van der Waals surface area (Å²) in [5.41, 5.74) is 1.26. The number of nitro groups is 1. The Balaban J connectivity index is 3.07. The molecule has 0 atom stereocenters. The van der Waals surface area contributed by atoms with Crippen LogP contribution in [0.25, 0.3) is 0 Å². The fraction of sp³-hybridized carbons (Fsp3) is 0.500. The van der Waals surface area contributed by atoms with Crippen LogP contribution >= 0.6 is 0 Å². The van der Waals surface area contributed by atoms with Crippen molar-refractivity contribution in [2.75, 3.05) is 18.0 Å². The van der Waals surface area contributed by atoms with Gasteiger partial charge in [0.2, 0.25) is 0 Å². The molecule has 0 aliphatic heterocycles. The average Bonchev–Trinajstić information content (AvgIpc) is 2.34. The van der Waals surface area contributed by atoms with Gasteiger partial charge in [-0.2, -0.15) is 0 Å². The Kier molecular flexibility index (Phi) is 4.90. The van der Waals surface area contributed by atoms with Gasteiger partial charge in [-0.3, -0.25) is 10.1 Å². The summed E-state index contributed by atoms with van der Waals surface area (Å²) >= 11 is 0. The van der Waals surface area contributed by atoms with Crippen LogP contribution in [-0.2, 0) is 6.61 Å². The highest BCUT2D eigenvalue weighted by Gasteiger charge is 2.14. The molecule has 5 nitrogen and oxygen atoms in total. The molecule has 0 spiro atoms. The third-order valence-corrected chi connectivity index (χ3v) is 2.67. The van der Waals surface area contributed by atoms with E-state index >= 15 is 0 Å². The Labute approximate surface area is 101 Å². The van der Waals surface area contributed by atoms with Gasteiger partial charge in [0.05, 0.1) is 17.1 Å². The quantitative estimate of drug-likeness (QED) is 0.610. The second-order valence-electron chi connectivity index (χ2n) is 3.81. The molecule has 0 aliphatic rings. The molecule has 0 aromatic heterocycles. The zero-order chi connectivity index (χ0) is 12.8. The monoisotopic (exact) mass is 238 g/mol. The van der Waals surface area contributed by atoms with Crippen molar-refractivity contribution in [3.05, 3.63) is 33.9 Å². The molecule has 1 aromatic rings.